The molecule has 80 valence electrons. The van der Waals surface area contributed by atoms with E-state index in [0.717, 1.165) is 11.3 Å². The molecule has 0 bridgehead atoms. The van der Waals surface area contributed by atoms with Gasteiger partial charge in [-0.15, -0.1) is 6.58 Å². The van der Waals surface area contributed by atoms with Crippen molar-refractivity contribution in [2.75, 3.05) is 7.11 Å². The molecule has 3 nitrogen and oxygen atoms in total. The molecule has 0 saturated carbocycles. The molecule has 0 saturated heterocycles. The first-order valence-electron chi connectivity index (χ1n) is 4.63. The number of carbonyl (C=O) groups is 1. The third-order valence-electron chi connectivity index (χ3n) is 1.89. The van der Waals surface area contributed by atoms with Crippen LogP contribution in [0.15, 0.2) is 30.9 Å². The Labute approximate surface area is 89.3 Å². The Balaban J connectivity index is 3.02. The molecule has 1 aromatic carbocycles. The fourth-order valence-corrected chi connectivity index (χ4v) is 1.25. The maximum Gasteiger partial charge on any atom is 0.308 e. The fourth-order valence-electron chi connectivity index (χ4n) is 1.25. The zero-order valence-corrected chi connectivity index (χ0v) is 8.95. The highest BCUT2D eigenvalue weighted by Gasteiger charge is 2.06. The second-order valence-corrected chi connectivity index (χ2v) is 3.06. The van der Waals surface area contributed by atoms with Crippen LogP contribution in [0.5, 0.6) is 11.5 Å². The van der Waals surface area contributed by atoms with Crippen LogP contribution in [-0.4, -0.2) is 13.1 Å². The third kappa shape index (κ3) is 3.13. The van der Waals surface area contributed by atoms with Crippen molar-refractivity contribution in [3.63, 3.8) is 0 Å². The second kappa shape index (κ2) is 5.20. The molecule has 0 unspecified atom stereocenters. The molecule has 0 aromatic heterocycles. The lowest BCUT2D eigenvalue weighted by molar-refractivity contribution is -0.131. The lowest BCUT2D eigenvalue weighted by Gasteiger charge is -2.09. The number of benzene rings is 1. The molecule has 0 spiro atoms. The summed E-state index contributed by atoms with van der Waals surface area (Å²) in [5.74, 6) is 0.969. The van der Waals surface area contributed by atoms with E-state index in [2.05, 4.69) is 6.58 Å². The first-order chi connectivity index (χ1) is 7.17. The first kappa shape index (κ1) is 11.3. The van der Waals surface area contributed by atoms with Gasteiger partial charge in [0.15, 0.2) is 0 Å². The van der Waals surface area contributed by atoms with Gasteiger partial charge in [0.1, 0.15) is 11.5 Å². The Morgan fingerprint density at radius 2 is 2.27 bits per heavy atom. The number of methoxy groups -OCH3 is 1. The number of rotatable bonds is 4. The quantitative estimate of drug-likeness (QED) is 0.431. The summed E-state index contributed by atoms with van der Waals surface area (Å²) < 4.78 is 10.1. The van der Waals surface area contributed by atoms with E-state index in [1.807, 2.05) is 6.07 Å². The number of esters is 1. The average molecular weight is 206 g/mol. The van der Waals surface area contributed by atoms with Gasteiger partial charge in [-0.05, 0) is 24.6 Å². The maximum absolute atomic E-state index is 10.8. The van der Waals surface area contributed by atoms with Gasteiger partial charge in [-0.3, -0.25) is 4.79 Å². The minimum absolute atomic E-state index is 0.328. The Morgan fingerprint density at radius 1 is 1.53 bits per heavy atom. The molecule has 0 heterocycles. The van der Waals surface area contributed by atoms with Crippen molar-refractivity contribution in [2.24, 2.45) is 0 Å². The Hall–Kier alpha value is -1.77. The predicted octanol–water partition coefficient (Wildman–Crippen LogP) is 2.35. The van der Waals surface area contributed by atoms with Crippen LogP contribution in [-0.2, 0) is 11.2 Å². The smallest absolute Gasteiger partial charge is 0.308 e. The van der Waals surface area contributed by atoms with Gasteiger partial charge in [-0.1, -0.05) is 6.08 Å². The zero-order valence-electron chi connectivity index (χ0n) is 8.95. The number of carbonyl (C=O) groups excluding carboxylic acids is 1. The summed E-state index contributed by atoms with van der Waals surface area (Å²) in [5, 5.41) is 0. The summed E-state index contributed by atoms with van der Waals surface area (Å²) in [5.41, 5.74) is 0.888. The molecule has 1 aromatic rings. The van der Waals surface area contributed by atoms with Gasteiger partial charge in [0.25, 0.3) is 0 Å². The van der Waals surface area contributed by atoms with Crippen LogP contribution in [0.1, 0.15) is 12.5 Å². The lowest BCUT2D eigenvalue weighted by Crippen LogP contribution is -2.03. The molecule has 0 aliphatic heterocycles. The molecule has 0 aliphatic carbocycles. The highest BCUT2D eigenvalue weighted by atomic mass is 16.5. The van der Waals surface area contributed by atoms with E-state index < -0.39 is 0 Å². The summed E-state index contributed by atoms with van der Waals surface area (Å²) in [4.78, 5) is 10.8. The van der Waals surface area contributed by atoms with Crippen LogP contribution in [0.2, 0.25) is 0 Å². The van der Waals surface area contributed by atoms with Crippen LogP contribution in [0.4, 0.5) is 0 Å². The number of hydrogen-bond acceptors (Lipinski definition) is 3. The van der Waals surface area contributed by atoms with Crippen LogP contribution in [0.25, 0.3) is 0 Å². The summed E-state index contributed by atoms with van der Waals surface area (Å²) in [6, 6.07) is 5.31. The predicted molar refractivity (Wildman–Crippen MR) is 58.2 cm³/mol. The number of allylic oxidation sites excluding steroid dienone is 1. The van der Waals surface area contributed by atoms with E-state index in [1.54, 1.807) is 25.3 Å². The number of ether oxygens (including phenoxy) is 2. The minimum atomic E-state index is -0.328. The molecule has 0 N–H and O–H groups in total. The molecule has 15 heavy (non-hydrogen) atoms. The van der Waals surface area contributed by atoms with Gasteiger partial charge < -0.3 is 9.47 Å². The van der Waals surface area contributed by atoms with Crippen LogP contribution in [0, 0.1) is 0 Å². The standard InChI is InChI=1S/C12H14O3/c1-4-5-10-8-11(14-3)6-7-12(10)15-9(2)13/h4,6-8H,1,5H2,2-3H3. The topological polar surface area (TPSA) is 35.5 Å². The van der Waals surface area contributed by atoms with Gasteiger partial charge >= 0.3 is 5.97 Å². The van der Waals surface area contributed by atoms with Crippen LogP contribution < -0.4 is 9.47 Å². The zero-order chi connectivity index (χ0) is 11.3. The van der Waals surface area contributed by atoms with Crippen LogP contribution in [0.3, 0.4) is 0 Å². The van der Waals surface area contributed by atoms with Crippen molar-refractivity contribution in [1.82, 2.24) is 0 Å². The summed E-state index contributed by atoms with van der Waals surface area (Å²) >= 11 is 0. The molecule has 3 heteroatoms. The molecule has 1 rings (SSSR count). The van der Waals surface area contributed by atoms with E-state index in [4.69, 9.17) is 9.47 Å². The van der Waals surface area contributed by atoms with E-state index in [1.165, 1.54) is 6.92 Å². The lowest BCUT2D eigenvalue weighted by atomic mass is 10.1. The highest BCUT2D eigenvalue weighted by Crippen LogP contribution is 2.24. The van der Waals surface area contributed by atoms with Crippen molar-refractivity contribution >= 4 is 5.97 Å². The largest absolute Gasteiger partial charge is 0.497 e. The summed E-state index contributed by atoms with van der Waals surface area (Å²) in [7, 11) is 1.60. The van der Waals surface area contributed by atoms with Crippen molar-refractivity contribution in [1.29, 1.82) is 0 Å². The maximum atomic E-state index is 10.8. The molecular formula is C12H14O3. The van der Waals surface area contributed by atoms with Gasteiger partial charge in [-0.25, -0.2) is 0 Å². The Morgan fingerprint density at radius 3 is 2.80 bits per heavy atom. The average Bonchev–Trinajstić information content (AvgIpc) is 2.20. The molecule has 0 fully saturated rings. The summed E-state index contributed by atoms with van der Waals surface area (Å²) in [6.45, 7) is 5.03. The van der Waals surface area contributed by atoms with E-state index in [-0.39, 0.29) is 5.97 Å². The normalized spacial score (nSPS) is 9.47. The van der Waals surface area contributed by atoms with E-state index >= 15 is 0 Å². The molecular weight excluding hydrogens is 192 g/mol. The summed E-state index contributed by atoms with van der Waals surface area (Å²) in [6.07, 6.45) is 2.39. The van der Waals surface area contributed by atoms with E-state index in [0.29, 0.717) is 12.2 Å². The SMILES string of the molecule is C=CCc1cc(OC)ccc1OC(C)=O. The van der Waals surface area contributed by atoms with Gasteiger partial charge in [0.2, 0.25) is 0 Å². The van der Waals surface area contributed by atoms with Crippen molar-refractivity contribution in [2.45, 2.75) is 13.3 Å². The Bertz CT molecular complexity index is 369. The van der Waals surface area contributed by atoms with Crippen LogP contribution >= 0.6 is 0 Å². The Kier molecular flexibility index (Phi) is 3.92. The first-order valence-corrected chi connectivity index (χ1v) is 4.63. The molecule has 0 amide bonds. The van der Waals surface area contributed by atoms with Crippen molar-refractivity contribution < 1.29 is 14.3 Å². The van der Waals surface area contributed by atoms with Crippen molar-refractivity contribution in [3.05, 3.63) is 36.4 Å². The minimum Gasteiger partial charge on any atom is -0.497 e. The molecule has 0 radical (unpaired) electrons. The monoisotopic (exact) mass is 206 g/mol. The fraction of sp³-hybridized carbons (Fsp3) is 0.250. The second-order valence-electron chi connectivity index (χ2n) is 3.06. The van der Waals surface area contributed by atoms with Gasteiger partial charge in [-0.2, -0.15) is 0 Å². The van der Waals surface area contributed by atoms with E-state index in [9.17, 15) is 4.79 Å². The third-order valence-corrected chi connectivity index (χ3v) is 1.89. The number of hydrogen-bond donors (Lipinski definition) is 0. The van der Waals surface area contributed by atoms with Crippen molar-refractivity contribution in [3.8, 4) is 11.5 Å². The molecule has 0 atom stereocenters. The highest BCUT2D eigenvalue weighted by molar-refractivity contribution is 5.70. The van der Waals surface area contributed by atoms with Gasteiger partial charge in [0.05, 0.1) is 7.11 Å². The molecule has 0 aliphatic rings. The van der Waals surface area contributed by atoms with Gasteiger partial charge in [0, 0.05) is 12.5 Å².